The third-order valence-electron chi connectivity index (χ3n) is 3.90. The standard InChI is InChI=1S/C18H19N3O4S/c1-21(2)16-18(14-10-6-4-7-11-14,15-12-8-5-9-13-15)25-26(23,19-16)20-17(22)24-3/h4-13H,1-3H3. The van der Waals surface area contributed by atoms with Crippen LogP contribution in [0.15, 0.2) is 69.4 Å². The molecule has 2 aromatic rings. The van der Waals surface area contributed by atoms with Crippen molar-refractivity contribution in [1.29, 1.82) is 0 Å². The van der Waals surface area contributed by atoms with Crippen molar-refractivity contribution in [2.75, 3.05) is 21.2 Å². The van der Waals surface area contributed by atoms with Crippen LogP contribution in [0.25, 0.3) is 0 Å². The maximum atomic E-state index is 13.1. The first kappa shape index (κ1) is 18.1. The van der Waals surface area contributed by atoms with Crippen LogP contribution in [-0.2, 0) is 24.7 Å². The van der Waals surface area contributed by atoms with Gasteiger partial charge in [0.15, 0.2) is 11.4 Å². The molecular weight excluding hydrogens is 354 g/mol. The minimum absolute atomic E-state index is 0.382. The molecule has 0 N–H and O–H groups in total. The summed E-state index contributed by atoms with van der Waals surface area (Å²) in [7, 11) is 1.03. The van der Waals surface area contributed by atoms with E-state index in [9.17, 15) is 9.00 Å². The number of carbonyl (C=O) groups is 1. The summed E-state index contributed by atoms with van der Waals surface area (Å²) in [5, 5.41) is 0. The van der Waals surface area contributed by atoms with Gasteiger partial charge in [-0.1, -0.05) is 65.0 Å². The highest BCUT2D eigenvalue weighted by Gasteiger charge is 2.51. The van der Waals surface area contributed by atoms with E-state index in [1.165, 1.54) is 0 Å². The molecule has 1 unspecified atom stereocenters. The fraction of sp³-hybridized carbons (Fsp3) is 0.222. The van der Waals surface area contributed by atoms with Crippen LogP contribution in [0.2, 0.25) is 0 Å². The third-order valence-corrected chi connectivity index (χ3v) is 5.15. The monoisotopic (exact) mass is 373 g/mol. The molecule has 0 saturated carbocycles. The molecule has 0 aromatic heterocycles. The number of hydrogen-bond donors (Lipinski definition) is 0. The van der Waals surface area contributed by atoms with E-state index in [1.807, 2.05) is 60.7 Å². The molecule has 0 spiro atoms. The van der Waals surface area contributed by atoms with Crippen LogP contribution < -0.4 is 0 Å². The molecule has 1 amide bonds. The number of ether oxygens (including phenoxy) is 1. The lowest BCUT2D eigenvalue weighted by Gasteiger charge is -2.32. The number of carbonyl (C=O) groups excluding carboxylic acids is 1. The molecule has 3 rings (SSSR count). The molecule has 0 aliphatic carbocycles. The van der Waals surface area contributed by atoms with Gasteiger partial charge in [0.2, 0.25) is 0 Å². The van der Waals surface area contributed by atoms with Crippen LogP contribution in [0.4, 0.5) is 4.79 Å². The number of nitrogens with zero attached hydrogens (tertiary/aromatic N) is 3. The summed E-state index contributed by atoms with van der Waals surface area (Å²) < 4.78 is 31.3. The Morgan fingerprint density at radius 1 is 1.08 bits per heavy atom. The first-order chi connectivity index (χ1) is 12.4. The molecule has 1 aliphatic heterocycles. The maximum Gasteiger partial charge on any atom is 0.444 e. The van der Waals surface area contributed by atoms with Crippen molar-refractivity contribution in [3.8, 4) is 0 Å². The summed E-state index contributed by atoms with van der Waals surface area (Å²) in [5.74, 6) is 0.382. The van der Waals surface area contributed by atoms with Crippen molar-refractivity contribution < 1.29 is 17.9 Å². The number of likely N-dealkylation sites (N-methyl/N-ethyl adjacent to an activating group) is 1. The first-order valence-corrected chi connectivity index (χ1v) is 9.25. The lowest BCUT2D eigenvalue weighted by Crippen LogP contribution is -2.43. The quantitative estimate of drug-likeness (QED) is 0.808. The molecule has 0 bridgehead atoms. The van der Waals surface area contributed by atoms with E-state index in [0.29, 0.717) is 5.84 Å². The van der Waals surface area contributed by atoms with E-state index in [4.69, 9.17) is 4.18 Å². The minimum atomic E-state index is -3.67. The van der Waals surface area contributed by atoms with Gasteiger partial charge in [-0.2, -0.15) is 4.21 Å². The summed E-state index contributed by atoms with van der Waals surface area (Å²) in [6.45, 7) is 0. The Kier molecular flexibility index (Phi) is 4.80. The van der Waals surface area contributed by atoms with Crippen molar-refractivity contribution in [3.05, 3.63) is 71.8 Å². The fourth-order valence-electron chi connectivity index (χ4n) is 2.83. The topological polar surface area (TPSA) is 80.6 Å². The Labute approximate surface area is 152 Å². The van der Waals surface area contributed by atoms with Crippen LogP contribution >= 0.6 is 0 Å². The van der Waals surface area contributed by atoms with Gasteiger partial charge in [0.25, 0.3) is 10.2 Å². The van der Waals surface area contributed by atoms with Gasteiger partial charge in [0.1, 0.15) is 0 Å². The Bertz CT molecular complexity index is 909. The van der Waals surface area contributed by atoms with Crippen molar-refractivity contribution in [3.63, 3.8) is 0 Å². The molecule has 1 aliphatic rings. The number of amides is 1. The van der Waals surface area contributed by atoms with E-state index in [0.717, 1.165) is 18.2 Å². The Morgan fingerprint density at radius 2 is 1.58 bits per heavy atom. The number of amidine groups is 1. The first-order valence-electron chi connectivity index (χ1n) is 7.86. The van der Waals surface area contributed by atoms with Crippen LogP contribution in [0.3, 0.4) is 0 Å². The van der Waals surface area contributed by atoms with E-state index in [1.54, 1.807) is 19.0 Å². The molecule has 0 fully saturated rings. The van der Waals surface area contributed by atoms with Crippen molar-refractivity contribution in [2.45, 2.75) is 5.60 Å². The van der Waals surface area contributed by atoms with Gasteiger partial charge in [0, 0.05) is 14.1 Å². The van der Waals surface area contributed by atoms with Crippen LogP contribution in [0.5, 0.6) is 0 Å². The maximum absolute atomic E-state index is 13.1. The average molecular weight is 373 g/mol. The predicted molar refractivity (Wildman–Crippen MR) is 98.8 cm³/mol. The van der Waals surface area contributed by atoms with Gasteiger partial charge in [-0.05, 0) is 11.1 Å². The Balaban J connectivity index is 2.31. The largest absolute Gasteiger partial charge is 0.451 e. The Hall–Kier alpha value is -2.71. The zero-order chi connectivity index (χ0) is 18.8. The van der Waals surface area contributed by atoms with Crippen molar-refractivity contribution >= 4 is 22.1 Å². The van der Waals surface area contributed by atoms with Gasteiger partial charge in [0.05, 0.1) is 7.11 Å². The van der Waals surface area contributed by atoms with Gasteiger partial charge >= 0.3 is 6.09 Å². The average Bonchev–Trinajstić information content (AvgIpc) is 2.98. The van der Waals surface area contributed by atoms with Gasteiger partial charge in [-0.25, -0.2) is 8.98 Å². The Morgan fingerprint density at radius 3 is 2.00 bits per heavy atom. The van der Waals surface area contributed by atoms with E-state index < -0.39 is 21.9 Å². The van der Waals surface area contributed by atoms with E-state index >= 15 is 0 Å². The van der Waals surface area contributed by atoms with Gasteiger partial charge in [-0.15, -0.1) is 4.40 Å². The summed E-state index contributed by atoms with van der Waals surface area (Å²) in [6.07, 6.45) is -1.01. The molecule has 0 radical (unpaired) electrons. The van der Waals surface area contributed by atoms with Gasteiger partial charge in [-0.3, -0.25) is 0 Å². The molecule has 1 atom stereocenters. The summed E-state index contributed by atoms with van der Waals surface area (Å²) >= 11 is 0. The SMILES string of the molecule is COC(=O)N=S1(=O)N=C(N(C)C)C(c2ccccc2)(c2ccccc2)O1. The molecule has 7 nitrogen and oxygen atoms in total. The molecule has 26 heavy (non-hydrogen) atoms. The number of benzene rings is 2. The van der Waals surface area contributed by atoms with Crippen LogP contribution in [0.1, 0.15) is 11.1 Å². The normalized spacial score (nSPS) is 21.0. The molecule has 136 valence electrons. The molecule has 0 saturated heterocycles. The van der Waals surface area contributed by atoms with Gasteiger partial charge < -0.3 is 9.64 Å². The number of methoxy groups -OCH3 is 1. The van der Waals surface area contributed by atoms with Crippen molar-refractivity contribution in [2.24, 2.45) is 8.76 Å². The van der Waals surface area contributed by atoms with E-state index in [-0.39, 0.29) is 0 Å². The highest BCUT2D eigenvalue weighted by Crippen LogP contribution is 2.42. The molecular formula is C18H19N3O4S. The zero-order valence-electron chi connectivity index (χ0n) is 14.7. The lowest BCUT2D eigenvalue weighted by molar-refractivity contribution is 0.180. The second kappa shape index (κ2) is 6.89. The highest BCUT2D eigenvalue weighted by atomic mass is 32.2. The number of rotatable bonds is 2. The third kappa shape index (κ3) is 3.09. The van der Waals surface area contributed by atoms with Crippen LogP contribution in [-0.4, -0.2) is 42.2 Å². The zero-order valence-corrected chi connectivity index (χ0v) is 15.5. The molecule has 2 aromatic carbocycles. The minimum Gasteiger partial charge on any atom is -0.451 e. The summed E-state index contributed by atoms with van der Waals surface area (Å²) in [4.78, 5) is 13.3. The predicted octanol–water partition coefficient (Wildman–Crippen LogP) is 2.98. The molecule has 8 heteroatoms. The number of hydrogen-bond acceptors (Lipinski definition) is 5. The van der Waals surface area contributed by atoms with Crippen LogP contribution in [0, 0.1) is 0 Å². The second-order valence-electron chi connectivity index (χ2n) is 5.82. The van der Waals surface area contributed by atoms with Crippen molar-refractivity contribution in [1.82, 2.24) is 4.90 Å². The lowest BCUT2D eigenvalue weighted by atomic mass is 9.85. The molecule has 1 heterocycles. The summed E-state index contributed by atoms with van der Waals surface area (Å²) in [5.41, 5.74) is 0.188. The highest BCUT2D eigenvalue weighted by molar-refractivity contribution is 7.88. The van der Waals surface area contributed by atoms with E-state index in [2.05, 4.69) is 13.5 Å². The second-order valence-corrected chi connectivity index (χ2v) is 7.24. The smallest absolute Gasteiger partial charge is 0.444 e. The summed E-state index contributed by atoms with van der Waals surface area (Å²) in [6, 6.07) is 18.6. The fourth-order valence-corrected chi connectivity index (χ4v) is 4.31.